The third-order valence-corrected chi connectivity index (χ3v) is 4.50. The summed E-state index contributed by atoms with van der Waals surface area (Å²) in [6.45, 7) is 7.66. The van der Waals surface area contributed by atoms with E-state index in [2.05, 4.69) is 43.0 Å². The second kappa shape index (κ2) is 7.21. The number of ether oxygens (including phenoxy) is 1. The molecule has 0 aliphatic carbocycles. The van der Waals surface area contributed by atoms with E-state index >= 15 is 0 Å². The van der Waals surface area contributed by atoms with Crippen LogP contribution in [-0.4, -0.2) is 37.7 Å². The van der Waals surface area contributed by atoms with Crippen molar-refractivity contribution < 1.29 is 4.74 Å². The molecule has 0 saturated carbocycles. The fraction of sp³-hybridized carbons (Fsp3) is 0.647. The van der Waals surface area contributed by atoms with Crippen LogP contribution >= 0.6 is 0 Å². The van der Waals surface area contributed by atoms with E-state index in [0.717, 1.165) is 19.5 Å². The average molecular weight is 276 g/mol. The van der Waals surface area contributed by atoms with Crippen LogP contribution < -0.4 is 5.73 Å². The van der Waals surface area contributed by atoms with E-state index in [9.17, 15) is 0 Å². The minimum atomic E-state index is 0.134. The molecule has 3 atom stereocenters. The molecule has 1 aromatic carbocycles. The van der Waals surface area contributed by atoms with Crippen LogP contribution in [0.25, 0.3) is 0 Å². The van der Waals surface area contributed by atoms with Crippen molar-refractivity contribution in [3.05, 3.63) is 35.4 Å². The molecule has 2 N–H and O–H groups in total. The number of likely N-dealkylation sites (tertiary alicyclic amines) is 1. The van der Waals surface area contributed by atoms with Crippen LogP contribution in [0.3, 0.4) is 0 Å². The summed E-state index contributed by atoms with van der Waals surface area (Å²) in [5.74, 6) is 0.668. The van der Waals surface area contributed by atoms with Gasteiger partial charge in [0.15, 0.2) is 0 Å². The minimum absolute atomic E-state index is 0.134. The highest BCUT2D eigenvalue weighted by atomic mass is 16.5. The Morgan fingerprint density at radius 2 is 2.25 bits per heavy atom. The van der Waals surface area contributed by atoms with Crippen molar-refractivity contribution in [2.24, 2.45) is 11.7 Å². The quantitative estimate of drug-likeness (QED) is 0.898. The third-order valence-electron chi connectivity index (χ3n) is 4.50. The van der Waals surface area contributed by atoms with Gasteiger partial charge in [0.05, 0.1) is 6.10 Å². The molecule has 1 aliphatic heterocycles. The van der Waals surface area contributed by atoms with Crippen LogP contribution in [0.15, 0.2) is 24.3 Å². The molecule has 20 heavy (non-hydrogen) atoms. The molecular weight excluding hydrogens is 248 g/mol. The molecule has 0 bridgehead atoms. The first-order chi connectivity index (χ1) is 9.60. The first-order valence-electron chi connectivity index (χ1n) is 7.67. The van der Waals surface area contributed by atoms with Crippen molar-refractivity contribution in [2.75, 3.05) is 26.7 Å². The van der Waals surface area contributed by atoms with E-state index in [1.165, 1.54) is 24.1 Å². The second-order valence-electron chi connectivity index (χ2n) is 6.15. The monoisotopic (exact) mass is 276 g/mol. The lowest BCUT2D eigenvalue weighted by atomic mass is 9.95. The number of rotatable bonds is 5. The Balaban J connectivity index is 1.83. The Bertz CT molecular complexity index is 421. The third kappa shape index (κ3) is 4.05. The van der Waals surface area contributed by atoms with Crippen molar-refractivity contribution in [3.8, 4) is 0 Å². The van der Waals surface area contributed by atoms with E-state index in [-0.39, 0.29) is 6.04 Å². The zero-order valence-electron chi connectivity index (χ0n) is 13.0. The van der Waals surface area contributed by atoms with Gasteiger partial charge in [-0.25, -0.2) is 0 Å². The summed E-state index contributed by atoms with van der Waals surface area (Å²) in [6.07, 6.45) is 2.60. The zero-order chi connectivity index (χ0) is 14.5. The molecule has 3 heteroatoms. The van der Waals surface area contributed by atoms with Crippen molar-refractivity contribution in [1.82, 2.24) is 4.90 Å². The lowest BCUT2D eigenvalue weighted by molar-refractivity contribution is -0.00555. The largest absolute Gasteiger partial charge is 0.380 e. The maximum absolute atomic E-state index is 6.32. The van der Waals surface area contributed by atoms with Crippen LogP contribution in [0.1, 0.15) is 36.9 Å². The summed E-state index contributed by atoms with van der Waals surface area (Å²) in [7, 11) is 1.82. The van der Waals surface area contributed by atoms with Crippen LogP contribution in [0, 0.1) is 12.8 Å². The van der Waals surface area contributed by atoms with E-state index in [1.807, 2.05) is 7.11 Å². The lowest BCUT2D eigenvalue weighted by Crippen LogP contribution is -2.44. The number of methoxy groups -OCH3 is 1. The fourth-order valence-corrected chi connectivity index (χ4v) is 3.00. The van der Waals surface area contributed by atoms with Gasteiger partial charge < -0.3 is 15.4 Å². The number of hydrogen-bond donors (Lipinski definition) is 1. The Kier molecular flexibility index (Phi) is 5.58. The number of aryl methyl sites for hydroxylation is 1. The average Bonchev–Trinajstić information content (AvgIpc) is 2.46. The summed E-state index contributed by atoms with van der Waals surface area (Å²) >= 11 is 0. The summed E-state index contributed by atoms with van der Waals surface area (Å²) < 4.78 is 5.57. The highest BCUT2D eigenvalue weighted by molar-refractivity contribution is 5.24. The molecule has 1 saturated heterocycles. The number of hydrogen-bond acceptors (Lipinski definition) is 3. The molecule has 2 rings (SSSR count). The Morgan fingerprint density at radius 1 is 1.45 bits per heavy atom. The highest BCUT2D eigenvalue weighted by Crippen LogP contribution is 2.21. The first-order valence-corrected chi connectivity index (χ1v) is 7.67. The smallest absolute Gasteiger partial charge is 0.0724 e. The highest BCUT2D eigenvalue weighted by Gasteiger charge is 2.25. The molecule has 0 aromatic heterocycles. The number of benzene rings is 1. The molecule has 3 unspecified atom stereocenters. The Morgan fingerprint density at radius 3 is 2.95 bits per heavy atom. The number of nitrogens with two attached hydrogens (primary N) is 1. The molecule has 1 aromatic rings. The van der Waals surface area contributed by atoms with Gasteiger partial charge in [-0.05, 0) is 37.8 Å². The standard InChI is InChI=1S/C17H28N2O/c1-13-5-4-6-15(11-13)16(18)8-10-19-9-7-14(2)17(12-19)20-3/h4-6,11,14,16-17H,7-10,12,18H2,1-3H3. The molecule has 1 aliphatic rings. The molecular formula is C17H28N2O. The van der Waals surface area contributed by atoms with E-state index < -0.39 is 0 Å². The molecule has 0 spiro atoms. The molecule has 0 radical (unpaired) electrons. The van der Waals surface area contributed by atoms with Crippen LogP contribution in [0.4, 0.5) is 0 Å². The summed E-state index contributed by atoms with van der Waals surface area (Å²) in [5, 5.41) is 0. The summed E-state index contributed by atoms with van der Waals surface area (Å²) in [6, 6.07) is 8.67. The van der Waals surface area contributed by atoms with E-state index in [1.54, 1.807) is 0 Å². The van der Waals surface area contributed by atoms with Crippen LogP contribution in [0.2, 0.25) is 0 Å². The maximum Gasteiger partial charge on any atom is 0.0724 e. The molecule has 1 fully saturated rings. The van der Waals surface area contributed by atoms with Gasteiger partial charge in [-0.3, -0.25) is 0 Å². The lowest BCUT2D eigenvalue weighted by Gasteiger charge is -2.36. The normalized spacial score (nSPS) is 25.6. The second-order valence-corrected chi connectivity index (χ2v) is 6.15. The van der Waals surface area contributed by atoms with Gasteiger partial charge in [-0.15, -0.1) is 0 Å². The van der Waals surface area contributed by atoms with Crippen molar-refractivity contribution in [2.45, 2.75) is 38.8 Å². The predicted octanol–water partition coefficient (Wildman–Crippen LogP) is 2.74. The number of piperidine rings is 1. The van der Waals surface area contributed by atoms with Gasteiger partial charge in [0, 0.05) is 26.2 Å². The van der Waals surface area contributed by atoms with Crippen molar-refractivity contribution in [1.29, 1.82) is 0 Å². The van der Waals surface area contributed by atoms with E-state index in [0.29, 0.717) is 12.0 Å². The van der Waals surface area contributed by atoms with E-state index in [4.69, 9.17) is 10.5 Å². The Hall–Kier alpha value is -0.900. The molecule has 0 amide bonds. The van der Waals surface area contributed by atoms with Crippen molar-refractivity contribution >= 4 is 0 Å². The molecule has 1 heterocycles. The van der Waals surface area contributed by atoms with Crippen LogP contribution in [-0.2, 0) is 4.74 Å². The fourth-order valence-electron chi connectivity index (χ4n) is 3.00. The van der Waals surface area contributed by atoms with Crippen molar-refractivity contribution in [3.63, 3.8) is 0 Å². The van der Waals surface area contributed by atoms with Gasteiger partial charge in [0.2, 0.25) is 0 Å². The summed E-state index contributed by atoms with van der Waals surface area (Å²) in [4.78, 5) is 2.49. The van der Waals surface area contributed by atoms with Crippen LogP contribution in [0.5, 0.6) is 0 Å². The Labute approximate surface area is 123 Å². The van der Waals surface area contributed by atoms with Gasteiger partial charge in [0.1, 0.15) is 0 Å². The zero-order valence-corrected chi connectivity index (χ0v) is 13.0. The minimum Gasteiger partial charge on any atom is -0.380 e. The van der Waals surface area contributed by atoms with Gasteiger partial charge in [0.25, 0.3) is 0 Å². The van der Waals surface area contributed by atoms with Gasteiger partial charge >= 0.3 is 0 Å². The van der Waals surface area contributed by atoms with Gasteiger partial charge in [-0.1, -0.05) is 36.8 Å². The predicted molar refractivity (Wildman–Crippen MR) is 83.7 cm³/mol. The topological polar surface area (TPSA) is 38.5 Å². The maximum atomic E-state index is 6.32. The van der Waals surface area contributed by atoms with Gasteiger partial charge in [-0.2, -0.15) is 0 Å². The molecule has 3 nitrogen and oxygen atoms in total. The first kappa shape index (κ1) is 15.5. The summed E-state index contributed by atoms with van der Waals surface area (Å²) in [5.41, 5.74) is 8.85. The number of nitrogens with zero attached hydrogens (tertiary/aromatic N) is 1. The SMILES string of the molecule is COC1CN(CCC(N)c2cccc(C)c2)CCC1C. The molecule has 112 valence electrons.